The van der Waals surface area contributed by atoms with Gasteiger partial charge in [0.05, 0.1) is 12.3 Å². The maximum Gasteiger partial charge on any atom is 0.283 e. The monoisotopic (exact) mass is 386 g/mol. The van der Waals surface area contributed by atoms with Crippen molar-refractivity contribution < 1.29 is 9.53 Å². The van der Waals surface area contributed by atoms with Gasteiger partial charge >= 0.3 is 0 Å². The van der Waals surface area contributed by atoms with Gasteiger partial charge in [-0.3, -0.25) is 9.69 Å². The van der Waals surface area contributed by atoms with E-state index in [1.54, 1.807) is 23.1 Å². The first-order valence-electron chi connectivity index (χ1n) is 8.38. The minimum absolute atomic E-state index is 0.139. The summed E-state index contributed by atoms with van der Waals surface area (Å²) in [6.07, 6.45) is 1.78. The van der Waals surface area contributed by atoms with E-state index in [1.807, 2.05) is 50.2 Å². The molecule has 134 valence electrons. The molecule has 0 fully saturated rings. The van der Waals surface area contributed by atoms with Crippen LogP contribution in [0, 0.1) is 0 Å². The number of carbonyl (C=O) groups excluding carboxylic acids is 1. The number of halogens is 1. The zero-order chi connectivity index (χ0) is 18.5. The number of ether oxygens (including phenoxy) is 1. The lowest BCUT2D eigenvalue weighted by atomic mass is 10.2. The van der Waals surface area contributed by atoms with Gasteiger partial charge in [0.2, 0.25) is 0 Å². The number of hydrogen-bond acceptors (Lipinski definition) is 4. The molecule has 0 saturated heterocycles. The summed E-state index contributed by atoms with van der Waals surface area (Å²) in [4.78, 5) is 19.1. The van der Waals surface area contributed by atoms with Crippen LogP contribution in [0.25, 0.3) is 6.08 Å². The molecule has 4 nitrogen and oxygen atoms in total. The van der Waals surface area contributed by atoms with Gasteiger partial charge in [-0.15, -0.1) is 0 Å². The van der Waals surface area contributed by atoms with Crippen LogP contribution in [0.15, 0.2) is 59.2 Å². The smallest absolute Gasteiger partial charge is 0.283 e. The van der Waals surface area contributed by atoms with Gasteiger partial charge in [-0.1, -0.05) is 42.4 Å². The van der Waals surface area contributed by atoms with E-state index in [-0.39, 0.29) is 5.91 Å². The van der Waals surface area contributed by atoms with E-state index in [0.29, 0.717) is 22.5 Å². The van der Waals surface area contributed by atoms with Gasteiger partial charge in [0.1, 0.15) is 11.4 Å². The quantitative estimate of drug-likeness (QED) is 0.660. The average molecular weight is 387 g/mol. The van der Waals surface area contributed by atoms with Crippen molar-refractivity contribution in [1.82, 2.24) is 0 Å². The van der Waals surface area contributed by atoms with Crippen molar-refractivity contribution in [3.8, 4) is 5.75 Å². The fourth-order valence-electron chi connectivity index (χ4n) is 2.52. The molecule has 0 unspecified atom stereocenters. The lowest BCUT2D eigenvalue weighted by Gasteiger charge is -2.17. The number of hydrogen-bond donors (Lipinski definition) is 0. The Kier molecular flexibility index (Phi) is 6.01. The number of carbonyl (C=O) groups is 1. The van der Waals surface area contributed by atoms with Crippen LogP contribution in [0.3, 0.4) is 0 Å². The lowest BCUT2D eigenvalue weighted by molar-refractivity contribution is -0.113. The summed E-state index contributed by atoms with van der Waals surface area (Å²) in [5, 5.41) is 1.34. The maximum atomic E-state index is 12.9. The van der Waals surface area contributed by atoms with Crippen LogP contribution in [-0.4, -0.2) is 23.4 Å². The summed E-state index contributed by atoms with van der Waals surface area (Å²) in [5.74, 6) is 1.47. The van der Waals surface area contributed by atoms with E-state index in [4.69, 9.17) is 16.3 Å². The molecule has 1 aliphatic rings. The highest BCUT2D eigenvalue weighted by Gasteiger charge is 2.31. The van der Waals surface area contributed by atoms with Crippen molar-refractivity contribution in [1.29, 1.82) is 0 Å². The van der Waals surface area contributed by atoms with Gasteiger partial charge in [-0.05, 0) is 60.7 Å². The molecule has 26 heavy (non-hydrogen) atoms. The molecule has 2 aromatic rings. The predicted octanol–water partition coefficient (Wildman–Crippen LogP) is 5.24. The molecule has 1 amide bonds. The highest BCUT2D eigenvalue weighted by Crippen LogP contribution is 2.30. The molecule has 0 radical (unpaired) electrons. The number of benzene rings is 2. The molecule has 1 aliphatic heterocycles. The minimum atomic E-state index is -0.139. The van der Waals surface area contributed by atoms with E-state index >= 15 is 0 Å². The summed E-state index contributed by atoms with van der Waals surface area (Å²) >= 11 is 7.46. The standard InChI is InChI=1S/C20H19ClN2O2S/c1-3-25-17-11-9-16(10-12-17)23-19(24)18(22-20(23)26-4-2)13-14-5-7-15(21)8-6-14/h5-13H,3-4H2,1-2H3/b18-13-. The average Bonchev–Trinajstić information content (AvgIpc) is 2.94. The van der Waals surface area contributed by atoms with E-state index in [2.05, 4.69) is 4.99 Å². The van der Waals surface area contributed by atoms with Crippen LogP contribution < -0.4 is 9.64 Å². The van der Waals surface area contributed by atoms with Crippen molar-refractivity contribution >= 4 is 46.2 Å². The third-order valence-corrected chi connectivity index (χ3v) is 4.76. The highest BCUT2D eigenvalue weighted by molar-refractivity contribution is 8.14. The molecule has 0 aromatic heterocycles. The number of nitrogens with zero attached hydrogens (tertiary/aromatic N) is 2. The Hall–Kier alpha value is -2.24. The summed E-state index contributed by atoms with van der Waals surface area (Å²) in [6, 6.07) is 14.8. The van der Waals surface area contributed by atoms with Gasteiger partial charge in [0.25, 0.3) is 5.91 Å². The molecular formula is C20H19ClN2O2S. The van der Waals surface area contributed by atoms with E-state index < -0.39 is 0 Å². The summed E-state index contributed by atoms with van der Waals surface area (Å²) in [6.45, 7) is 4.58. The largest absolute Gasteiger partial charge is 0.494 e. The van der Waals surface area contributed by atoms with Crippen LogP contribution in [0.1, 0.15) is 19.4 Å². The summed E-state index contributed by atoms with van der Waals surface area (Å²) in [7, 11) is 0. The fourth-order valence-corrected chi connectivity index (χ4v) is 3.39. The van der Waals surface area contributed by atoms with Crippen molar-refractivity contribution in [3.05, 3.63) is 64.8 Å². The molecule has 0 aliphatic carbocycles. The summed E-state index contributed by atoms with van der Waals surface area (Å²) in [5.41, 5.74) is 2.07. The number of thioether (sulfide) groups is 1. The number of rotatable bonds is 5. The van der Waals surface area contributed by atoms with Crippen molar-refractivity contribution in [2.45, 2.75) is 13.8 Å². The topological polar surface area (TPSA) is 41.9 Å². The Morgan fingerprint density at radius 1 is 1.12 bits per heavy atom. The number of amides is 1. The van der Waals surface area contributed by atoms with E-state index in [1.165, 1.54) is 11.8 Å². The Bertz CT molecular complexity index is 845. The summed E-state index contributed by atoms with van der Waals surface area (Å²) < 4.78 is 5.47. The zero-order valence-electron chi connectivity index (χ0n) is 14.6. The third-order valence-electron chi connectivity index (χ3n) is 3.68. The number of amidine groups is 1. The van der Waals surface area contributed by atoms with Gasteiger partial charge in [-0.25, -0.2) is 4.99 Å². The SMILES string of the molecule is CCOc1ccc(N2C(=O)/C(=C/c3ccc(Cl)cc3)N=C2SCC)cc1. The molecular weight excluding hydrogens is 368 g/mol. The van der Waals surface area contributed by atoms with E-state index in [9.17, 15) is 4.79 Å². The molecule has 2 aromatic carbocycles. The highest BCUT2D eigenvalue weighted by atomic mass is 35.5. The van der Waals surface area contributed by atoms with Crippen molar-refractivity contribution in [2.75, 3.05) is 17.3 Å². The molecule has 1 heterocycles. The van der Waals surface area contributed by atoms with Crippen LogP contribution >= 0.6 is 23.4 Å². The molecule has 0 bridgehead atoms. The van der Waals surface area contributed by atoms with Gasteiger partial charge in [0, 0.05) is 5.02 Å². The third kappa shape index (κ3) is 4.11. The predicted molar refractivity (Wildman–Crippen MR) is 110 cm³/mol. The second-order valence-corrected chi connectivity index (χ2v) is 7.14. The first-order chi connectivity index (χ1) is 12.6. The van der Waals surface area contributed by atoms with Crippen LogP contribution in [-0.2, 0) is 4.79 Å². The maximum absolute atomic E-state index is 12.9. The Balaban J connectivity index is 1.91. The van der Waals surface area contributed by atoms with Crippen LogP contribution in [0.5, 0.6) is 5.75 Å². The number of aliphatic imine (C=N–C) groups is 1. The van der Waals surface area contributed by atoms with Gasteiger partial charge in [-0.2, -0.15) is 0 Å². The zero-order valence-corrected chi connectivity index (χ0v) is 16.2. The Morgan fingerprint density at radius 3 is 2.42 bits per heavy atom. The van der Waals surface area contributed by atoms with Gasteiger partial charge in [0.15, 0.2) is 5.17 Å². The number of anilines is 1. The van der Waals surface area contributed by atoms with E-state index in [0.717, 1.165) is 22.8 Å². The van der Waals surface area contributed by atoms with Crippen molar-refractivity contribution in [2.24, 2.45) is 4.99 Å². The van der Waals surface area contributed by atoms with Crippen molar-refractivity contribution in [3.63, 3.8) is 0 Å². The molecule has 6 heteroatoms. The second kappa shape index (κ2) is 8.43. The molecule has 0 spiro atoms. The Labute approximate surface area is 162 Å². The Morgan fingerprint density at radius 2 is 1.81 bits per heavy atom. The first kappa shape index (κ1) is 18.5. The molecule has 0 N–H and O–H groups in total. The van der Waals surface area contributed by atoms with Crippen LogP contribution in [0.4, 0.5) is 5.69 Å². The molecule has 3 rings (SSSR count). The normalized spacial score (nSPS) is 15.5. The molecule has 0 saturated carbocycles. The lowest BCUT2D eigenvalue weighted by Crippen LogP contribution is -2.30. The molecule has 0 atom stereocenters. The second-order valence-electron chi connectivity index (χ2n) is 5.48. The minimum Gasteiger partial charge on any atom is -0.494 e. The fraction of sp³-hybridized carbons (Fsp3) is 0.200. The van der Waals surface area contributed by atoms with Crippen LogP contribution in [0.2, 0.25) is 5.02 Å². The van der Waals surface area contributed by atoms with Gasteiger partial charge < -0.3 is 4.74 Å². The first-order valence-corrected chi connectivity index (χ1v) is 9.74.